The van der Waals surface area contributed by atoms with Gasteiger partial charge < -0.3 is 25.4 Å². The Labute approximate surface area is 163 Å². The predicted octanol–water partition coefficient (Wildman–Crippen LogP) is 0.0630. The van der Waals surface area contributed by atoms with Crippen LogP contribution in [0.1, 0.15) is 12.7 Å². The molecular formula is C18H26N7O3+. The highest BCUT2D eigenvalue weighted by Crippen LogP contribution is 2.18. The van der Waals surface area contributed by atoms with Gasteiger partial charge in [0.2, 0.25) is 11.9 Å². The van der Waals surface area contributed by atoms with Crippen LogP contribution in [0, 0.1) is 0 Å². The number of carbonyl (C=O) groups is 1. The maximum atomic E-state index is 11.8. The van der Waals surface area contributed by atoms with E-state index in [1.807, 2.05) is 31.2 Å². The second-order valence-electron chi connectivity index (χ2n) is 6.40. The molecule has 1 aliphatic rings. The highest BCUT2D eigenvalue weighted by atomic mass is 16.6. The molecule has 4 N–H and O–H groups in total. The molecule has 1 aromatic carbocycles. The summed E-state index contributed by atoms with van der Waals surface area (Å²) in [5, 5.41) is 3.13. The van der Waals surface area contributed by atoms with Crippen molar-refractivity contribution in [3.05, 3.63) is 30.1 Å². The van der Waals surface area contributed by atoms with Crippen LogP contribution in [0.5, 0.6) is 5.75 Å². The van der Waals surface area contributed by atoms with Crippen molar-refractivity contribution < 1.29 is 19.2 Å². The zero-order valence-corrected chi connectivity index (χ0v) is 16.1. The fourth-order valence-electron chi connectivity index (χ4n) is 3.00. The molecule has 0 unspecified atom stereocenters. The van der Waals surface area contributed by atoms with E-state index < -0.39 is 0 Å². The number of quaternary nitrogens is 1. The van der Waals surface area contributed by atoms with E-state index in [9.17, 15) is 4.79 Å². The molecule has 0 radical (unpaired) electrons. The molecular weight excluding hydrogens is 362 g/mol. The van der Waals surface area contributed by atoms with Crippen LogP contribution in [0.25, 0.3) is 0 Å². The lowest BCUT2D eigenvalue weighted by Gasteiger charge is -2.31. The Hall–Kier alpha value is -3.14. The summed E-state index contributed by atoms with van der Waals surface area (Å²) in [4.78, 5) is 27.7. The second kappa shape index (κ2) is 9.18. The number of rotatable bonds is 6. The molecule has 1 amide bonds. The van der Waals surface area contributed by atoms with Gasteiger partial charge in [-0.3, -0.25) is 4.90 Å². The fraction of sp³-hybridized carbons (Fsp3) is 0.444. The Balaban J connectivity index is 1.59. The normalized spacial score (nSPS) is 14.6. The Morgan fingerprint density at radius 3 is 2.57 bits per heavy atom. The van der Waals surface area contributed by atoms with Crippen LogP contribution >= 0.6 is 0 Å². The monoisotopic (exact) mass is 388 g/mol. The summed E-state index contributed by atoms with van der Waals surface area (Å²) in [6.45, 7) is 5.69. The zero-order valence-electron chi connectivity index (χ0n) is 16.1. The lowest BCUT2D eigenvalue weighted by atomic mass is 10.3. The van der Waals surface area contributed by atoms with Crippen LogP contribution in [-0.2, 0) is 11.3 Å². The Kier molecular flexibility index (Phi) is 6.43. The summed E-state index contributed by atoms with van der Waals surface area (Å²) >= 11 is 0. The van der Waals surface area contributed by atoms with Gasteiger partial charge in [-0.1, -0.05) is 0 Å². The van der Waals surface area contributed by atoms with E-state index in [1.54, 1.807) is 12.0 Å². The van der Waals surface area contributed by atoms with E-state index in [-0.39, 0.29) is 12.0 Å². The van der Waals surface area contributed by atoms with Gasteiger partial charge in [0.1, 0.15) is 12.3 Å². The molecule has 1 fully saturated rings. The number of aromatic nitrogens is 3. The van der Waals surface area contributed by atoms with Crippen molar-refractivity contribution in [3.8, 4) is 5.75 Å². The number of nitrogen functional groups attached to an aromatic ring is 1. The predicted molar refractivity (Wildman–Crippen MR) is 104 cm³/mol. The van der Waals surface area contributed by atoms with E-state index in [2.05, 4.69) is 20.3 Å². The summed E-state index contributed by atoms with van der Waals surface area (Å²) < 4.78 is 10.2. The minimum Gasteiger partial charge on any atom is -0.497 e. The number of nitrogens with two attached hydrogens (primary N) is 1. The van der Waals surface area contributed by atoms with Crippen LogP contribution in [-0.4, -0.2) is 65.8 Å². The number of hydrogen-bond acceptors (Lipinski definition) is 8. The number of amides is 1. The SMILES string of the molecule is CCOC(=O)N1CC[NH+](Cc2nc(N)nc(Nc3ccc(OC)cc3)n2)CC1. The van der Waals surface area contributed by atoms with E-state index in [0.717, 1.165) is 24.5 Å². The van der Waals surface area contributed by atoms with Crippen molar-refractivity contribution in [1.29, 1.82) is 0 Å². The molecule has 10 heteroatoms. The quantitative estimate of drug-likeness (QED) is 0.636. The minimum absolute atomic E-state index is 0.172. The Morgan fingerprint density at radius 2 is 1.93 bits per heavy atom. The van der Waals surface area contributed by atoms with E-state index in [0.29, 0.717) is 38.0 Å². The number of nitrogens with one attached hydrogen (secondary N) is 2. The van der Waals surface area contributed by atoms with Gasteiger partial charge in [-0.05, 0) is 31.2 Å². The smallest absolute Gasteiger partial charge is 0.410 e. The first-order valence-corrected chi connectivity index (χ1v) is 9.24. The van der Waals surface area contributed by atoms with Crippen molar-refractivity contribution >= 4 is 23.7 Å². The largest absolute Gasteiger partial charge is 0.497 e. The molecule has 0 saturated carbocycles. The van der Waals surface area contributed by atoms with Crippen molar-refractivity contribution in [2.24, 2.45) is 0 Å². The van der Waals surface area contributed by atoms with Gasteiger partial charge in [0.05, 0.1) is 39.9 Å². The highest BCUT2D eigenvalue weighted by Gasteiger charge is 2.25. The lowest BCUT2D eigenvalue weighted by Crippen LogP contribution is -3.13. The van der Waals surface area contributed by atoms with Crippen LogP contribution in [0.4, 0.5) is 22.4 Å². The summed E-state index contributed by atoms with van der Waals surface area (Å²) in [5.74, 6) is 1.96. The molecule has 3 rings (SSSR count). The molecule has 150 valence electrons. The first kappa shape index (κ1) is 19.6. The van der Waals surface area contributed by atoms with Gasteiger partial charge in [-0.2, -0.15) is 15.0 Å². The molecule has 0 aliphatic carbocycles. The number of methoxy groups -OCH3 is 1. The first-order chi connectivity index (χ1) is 13.6. The maximum absolute atomic E-state index is 11.8. The van der Waals surface area contributed by atoms with Gasteiger partial charge in [0.15, 0.2) is 5.82 Å². The van der Waals surface area contributed by atoms with E-state index in [4.69, 9.17) is 15.2 Å². The van der Waals surface area contributed by atoms with Crippen molar-refractivity contribution in [2.45, 2.75) is 13.5 Å². The first-order valence-electron chi connectivity index (χ1n) is 9.24. The molecule has 0 bridgehead atoms. The number of hydrogen-bond donors (Lipinski definition) is 3. The number of carbonyl (C=O) groups excluding carboxylic acids is 1. The van der Waals surface area contributed by atoms with Crippen LogP contribution in [0.3, 0.4) is 0 Å². The standard InChI is InChI=1S/C18H25N7O3/c1-3-28-18(26)25-10-8-24(9-11-25)12-15-21-16(19)23-17(22-15)20-13-4-6-14(27-2)7-5-13/h4-7H,3,8-12H2,1-2H3,(H3,19,20,21,22,23)/p+1. The molecule has 0 atom stereocenters. The fourth-order valence-corrected chi connectivity index (χ4v) is 3.00. The molecule has 28 heavy (non-hydrogen) atoms. The third-order valence-corrected chi connectivity index (χ3v) is 4.45. The molecule has 10 nitrogen and oxygen atoms in total. The summed E-state index contributed by atoms with van der Waals surface area (Å²) in [6, 6.07) is 7.44. The molecule has 0 spiro atoms. The summed E-state index contributed by atoms with van der Waals surface area (Å²) in [7, 11) is 1.62. The zero-order chi connectivity index (χ0) is 19.9. The Bertz CT molecular complexity index is 792. The summed E-state index contributed by atoms with van der Waals surface area (Å²) in [6.07, 6.45) is -0.253. The number of benzene rings is 1. The highest BCUT2D eigenvalue weighted by molar-refractivity contribution is 5.67. The third-order valence-electron chi connectivity index (χ3n) is 4.45. The molecule has 1 aromatic heterocycles. The van der Waals surface area contributed by atoms with Crippen LogP contribution < -0.4 is 20.7 Å². The Morgan fingerprint density at radius 1 is 1.21 bits per heavy atom. The number of piperazine rings is 1. The number of nitrogens with zero attached hydrogens (tertiary/aromatic N) is 4. The van der Waals surface area contributed by atoms with Crippen LogP contribution in [0.2, 0.25) is 0 Å². The maximum Gasteiger partial charge on any atom is 0.410 e. The molecule has 1 aliphatic heterocycles. The van der Waals surface area contributed by atoms with Gasteiger partial charge in [0, 0.05) is 5.69 Å². The number of ether oxygens (including phenoxy) is 2. The van der Waals surface area contributed by atoms with Gasteiger partial charge >= 0.3 is 6.09 Å². The van der Waals surface area contributed by atoms with Crippen molar-refractivity contribution in [1.82, 2.24) is 19.9 Å². The van der Waals surface area contributed by atoms with E-state index >= 15 is 0 Å². The summed E-state index contributed by atoms with van der Waals surface area (Å²) in [5.41, 5.74) is 6.68. The second-order valence-corrected chi connectivity index (χ2v) is 6.40. The van der Waals surface area contributed by atoms with E-state index in [1.165, 1.54) is 4.90 Å². The topological polar surface area (TPSA) is 120 Å². The van der Waals surface area contributed by atoms with Crippen LogP contribution in [0.15, 0.2) is 24.3 Å². The van der Waals surface area contributed by atoms with Crippen molar-refractivity contribution in [2.75, 3.05) is 50.9 Å². The minimum atomic E-state index is -0.253. The molecule has 2 heterocycles. The average Bonchev–Trinajstić information content (AvgIpc) is 2.69. The molecule has 2 aromatic rings. The number of anilines is 3. The lowest BCUT2D eigenvalue weighted by molar-refractivity contribution is -0.918. The third kappa shape index (κ3) is 5.19. The van der Waals surface area contributed by atoms with Gasteiger partial charge in [0.25, 0.3) is 0 Å². The van der Waals surface area contributed by atoms with Gasteiger partial charge in [-0.15, -0.1) is 0 Å². The average molecular weight is 388 g/mol. The van der Waals surface area contributed by atoms with Crippen molar-refractivity contribution in [3.63, 3.8) is 0 Å². The molecule has 1 saturated heterocycles. The van der Waals surface area contributed by atoms with Gasteiger partial charge in [-0.25, -0.2) is 4.79 Å².